The lowest BCUT2D eigenvalue weighted by atomic mass is 9.88. The first-order valence-corrected chi connectivity index (χ1v) is 16.5. The number of carbonyl (C=O) groups excluding carboxylic acids is 1. The normalized spacial score (nSPS) is 17.4. The van der Waals surface area contributed by atoms with E-state index < -0.39 is 6.04 Å². The topological polar surface area (TPSA) is 73.0 Å². The van der Waals surface area contributed by atoms with Crippen molar-refractivity contribution in [2.24, 2.45) is 11.7 Å². The van der Waals surface area contributed by atoms with E-state index in [4.69, 9.17) is 17.3 Å². The number of halogens is 2. The second kappa shape index (κ2) is 16.2. The molecule has 0 radical (unpaired) electrons. The Balaban J connectivity index is 0.00000423. The minimum atomic E-state index is -0.435. The molecule has 0 aliphatic carbocycles. The number of piperazine rings is 1. The summed E-state index contributed by atoms with van der Waals surface area (Å²) in [6.07, 6.45) is 2.83. The molecule has 1 amide bonds. The summed E-state index contributed by atoms with van der Waals surface area (Å²) in [4.78, 5) is 21.4. The summed E-state index contributed by atoms with van der Waals surface area (Å²) in [5.41, 5.74) is 11.5. The number of thioether (sulfide) groups is 1. The lowest BCUT2D eigenvalue weighted by Crippen LogP contribution is -2.55. The third kappa shape index (κ3) is 8.90. The molecular formula is C34H44Cl2N4O2S. The second-order valence-corrected chi connectivity index (χ2v) is 13.2. The zero-order chi connectivity index (χ0) is 29.5. The molecule has 2 heterocycles. The smallest absolute Gasteiger partial charge is 0.239 e. The van der Waals surface area contributed by atoms with E-state index in [1.807, 2.05) is 29.2 Å². The number of amides is 1. The highest BCUT2D eigenvalue weighted by molar-refractivity contribution is 7.99. The Bertz CT molecular complexity index is 1330. The van der Waals surface area contributed by atoms with Crippen LogP contribution < -0.4 is 5.73 Å². The molecule has 43 heavy (non-hydrogen) atoms. The third-order valence-corrected chi connectivity index (χ3v) is 9.93. The molecule has 1 atom stereocenters. The molecule has 0 unspecified atom stereocenters. The van der Waals surface area contributed by atoms with E-state index in [-0.39, 0.29) is 24.2 Å². The molecule has 3 aromatic carbocycles. The van der Waals surface area contributed by atoms with E-state index in [1.165, 1.54) is 21.6 Å². The Morgan fingerprint density at radius 2 is 1.67 bits per heavy atom. The van der Waals surface area contributed by atoms with Crippen LogP contribution in [0.2, 0.25) is 5.02 Å². The molecular weight excluding hydrogens is 599 g/mol. The van der Waals surface area contributed by atoms with Gasteiger partial charge in [0.1, 0.15) is 5.75 Å². The lowest BCUT2D eigenvalue weighted by Gasteiger charge is -2.39. The average molecular weight is 644 g/mol. The lowest BCUT2D eigenvalue weighted by molar-refractivity contribution is -0.136. The molecule has 0 spiro atoms. The van der Waals surface area contributed by atoms with Gasteiger partial charge in [-0.15, -0.1) is 24.2 Å². The Labute approximate surface area is 272 Å². The SMILES string of the molecule is CCSc1ccc(O)cc1CN1CCN(C(=O)[C@H](N)C2CCN(CCc3cc(Cl)ccc3-c3ccccc3)CC2)CC1.Cl. The fourth-order valence-corrected chi connectivity index (χ4v) is 7.23. The number of piperidine rings is 1. The number of aromatic hydroxyl groups is 1. The van der Waals surface area contributed by atoms with Crippen LogP contribution >= 0.6 is 35.8 Å². The fourth-order valence-electron chi connectivity index (χ4n) is 6.25. The van der Waals surface area contributed by atoms with Gasteiger partial charge >= 0.3 is 0 Å². The maximum Gasteiger partial charge on any atom is 0.239 e. The number of carbonyl (C=O) groups is 1. The minimum Gasteiger partial charge on any atom is -0.508 e. The largest absolute Gasteiger partial charge is 0.508 e. The van der Waals surface area contributed by atoms with Crippen molar-refractivity contribution in [2.45, 2.75) is 43.7 Å². The molecule has 2 fully saturated rings. The highest BCUT2D eigenvalue weighted by Crippen LogP contribution is 2.29. The quantitative estimate of drug-likeness (QED) is 0.258. The van der Waals surface area contributed by atoms with Gasteiger partial charge in [0.05, 0.1) is 6.04 Å². The van der Waals surface area contributed by atoms with Crippen molar-refractivity contribution in [2.75, 3.05) is 51.6 Å². The summed E-state index contributed by atoms with van der Waals surface area (Å²) in [6, 6.07) is 21.9. The average Bonchev–Trinajstić information content (AvgIpc) is 3.02. The summed E-state index contributed by atoms with van der Waals surface area (Å²) in [5, 5.41) is 10.8. The summed E-state index contributed by atoms with van der Waals surface area (Å²) < 4.78 is 0. The number of likely N-dealkylation sites (tertiary alicyclic amines) is 1. The van der Waals surface area contributed by atoms with Crippen molar-refractivity contribution >= 4 is 41.7 Å². The Morgan fingerprint density at radius 1 is 0.953 bits per heavy atom. The molecule has 6 nitrogen and oxygen atoms in total. The van der Waals surface area contributed by atoms with Crippen LogP contribution in [0.15, 0.2) is 71.6 Å². The van der Waals surface area contributed by atoms with Crippen LogP contribution in [-0.4, -0.2) is 83.3 Å². The zero-order valence-electron chi connectivity index (χ0n) is 25.0. The number of nitrogens with two attached hydrogens (primary N) is 1. The van der Waals surface area contributed by atoms with Crippen LogP contribution in [0.5, 0.6) is 5.75 Å². The van der Waals surface area contributed by atoms with Crippen LogP contribution in [0, 0.1) is 5.92 Å². The van der Waals surface area contributed by atoms with Crippen LogP contribution in [0.25, 0.3) is 11.1 Å². The first kappa shape index (κ1) is 33.6. The van der Waals surface area contributed by atoms with E-state index in [9.17, 15) is 9.90 Å². The molecule has 3 aromatic rings. The van der Waals surface area contributed by atoms with Crippen LogP contribution in [-0.2, 0) is 17.8 Å². The van der Waals surface area contributed by atoms with Crippen molar-refractivity contribution in [3.05, 3.63) is 82.9 Å². The summed E-state index contributed by atoms with van der Waals surface area (Å²) >= 11 is 8.16. The summed E-state index contributed by atoms with van der Waals surface area (Å²) in [7, 11) is 0. The van der Waals surface area contributed by atoms with Crippen molar-refractivity contribution in [1.29, 1.82) is 0 Å². The molecule has 2 aliphatic rings. The monoisotopic (exact) mass is 642 g/mol. The zero-order valence-corrected chi connectivity index (χ0v) is 27.3. The van der Waals surface area contributed by atoms with Gasteiger partial charge < -0.3 is 20.6 Å². The fraction of sp³-hybridized carbons (Fsp3) is 0.441. The van der Waals surface area contributed by atoms with Gasteiger partial charge in [0, 0.05) is 49.2 Å². The Hall–Kier alpha value is -2.26. The second-order valence-electron chi connectivity index (χ2n) is 11.4. The molecule has 0 aromatic heterocycles. The van der Waals surface area contributed by atoms with E-state index in [0.29, 0.717) is 18.8 Å². The predicted octanol–water partition coefficient (Wildman–Crippen LogP) is 6.17. The number of hydrogen-bond acceptors (Lipinski definition) is 6. The van der Waals surface area contributed by atoms with Gasteiger partial charge in [0.2, 0.25) is 5.91 Å². The number of phenolic OH excluding ortho intramolecular Hbond substituents is 1. The van der Waals surface area contributed by atoms with Gasteiger partial charge in [-0.05, 0) is 96.6 Å². The first-order valence-electron chi connectivity index (χ1n) is 15.2. The standard InChI is InChI=1S/C34H43ClN4O2S.ClH/c1-2-42-32-11-9-30(40)23-28(32)24-38-18-20-39(21-19-38)34(41)33(36)26-12-15-37(16-13-26)17-14-27-22-29(35)8-10-31(27)25-6-4-3-5-7-25;/h3-11,22-23,26,33,40H,2,12-21,24,36H2,1H3;1H/t33-;/m1./s1. The van der Waals surface area contributed by atoms with Crippen LogP contribution in [0.4, 0.5) is 0 Å². The van der Waals surface area contributed by atoms with Crippen LogP contribution in [0.1, 0.15) is 30.9 Å². The molecule has 5 rings (SSSR count). The highest BCUT2D eigenvalue weighted by atomic mass is 35.5. The Morgan fingerprint density at radius 3 is 2.37 bits per heavy atom. The number of benzene rings is 3. The van der Waals surface area contributed by atoms with Crippen LogP contribution in [0.3, 0.4) is 0 Å². The van der Waals surface area contributed by atoms with Gasteiger partial charge in [-0.25, -0.2) is 0 Å². The van der Waals surface area contributed by atoms with Crippen molar-refractivity contribution in [3.8, 4) is 16.9 Å². The van der Waals surface area contributed by atoms with E-state index in [1.54, 1.807) is 17.8 Å². The van der Waals surface area contributed by atoms with Crippen molar-refractivity contribution in [3.63, 3.8) is 0 Å². The molecule has 3 N–H and O–H groups in total. The number of hydrogen-bond donors (Lipinski definition) is 2. The molecule has 0 saturated carbocycles. The summed E-state index contributed by atoms with van der Waals surface area (Å²) in [6.45, 7) is 8.84. The Kier molecular flexibility index (Phi) is 12.6. The number of nitrogens with zero attached hydrogens (tertiary/aromatic N) is 3. The maximum absolute atomic E-state index is 13.4. The van der Waals surface area contributed by atoms with E-state index in [0.717, 1.165) is 74.9 Å². The number of rotatable bonds is 10. The first-order chi connectivity index (χ1) is 20.4. The van der Waals surface area contributed by atoms with Gasteiger partial charge in [-0.1, -0.05) is 54.9 Å². The molecule has 9 heteroatoms. The maximum atomic E-state index is 13.4. The molecule has 232 valence electrons. The van der Waals surface area contributed by atoms with E-state index >= 15 is 0 Å². The van der Waals surface area contributed by atoms with Gasteiger partial charge in [-0.2, -0.15) is 0 Å². The number of phenols is 1. The highest BCUT2D eigenvalue weighted by Gasteiger charge is 2.32. The van der Waals surface area contributed by atoms with E-state index in [2.05, 4.69) is 53.1 Å². The minimum absolute atomic E-state index is 0. The third-order valence-electron chi connectivity index (χ3n) is 8.70. The molecule has 0 bridgehead atoms. The summed E-state index contributed by atoms with van der Waals surface area (Å²) in [5.74, 6) is 1.61. The van der Waals surface area contributed by atoms with Gasteiger partial charge in [0.25, 0.3) is 0 Å². The molecule has 2 aliphatic heterocycles. The molecule has 2 saturated heterocycles. The van der Waals surface area contributed by atoms with Crippen molar-refractivity contribution in [1.82, 2.24) is 14.7 Å². The van der Waals surface area contributed by atoms with Gasteiger partial charge in [-0.3, -0.25) is 9.69 Å². The van der Waals surface area contributed by atoms with Crippen molar-refractivity contribution < 1.29 is 9.90 Å². The van der Waals surface area contributed by atoms with Gasteiger partial charge in [0.15, 0.2) is 0 Å². The predicted molar refractivity (Wildman–Crippen MR) is 181 cm³/mol.